The molecule has 49 heavy (non-hydrogen) atoms. The fraction of sp³-hybridized carbons (Fsp3) is 0.0870. The molecule has 3 heteroatoms. The fourth-order valence-corrected chi connectivity index (χ4v) is 7.35. The molecule has 234 valence electrons. The number of aromatic nitrogens is 3. The molecule has 0 saturated heterocycles. The molecule has 0 spiro atoms. The Morgan fingerprint density at radius 2 is 0.878 bits per heavy atom. The Labute approximate surface area is 287 Å². The molecule has 8 aromatic rings. The minimum atomic E-state index is 0.716. The largest absolute Gasteiger partial charge is 0.313 e. The first-order valence-corrected chi connectivity index (χ1v) is 17.2. The summed E-state index contributed by atoms with van der Waals surface area (Å²) < 4.78 is 2.48. The molecule has 3 nitrogen and oxygen atoms in total. The summed E-state index contributed by atoms with van der Waals surface area (Å²) in [4.78, 5) is 10.3. The minimum Gasteiger partial charge on any atom is -0.313 e. The minimum absolute atomic E-state index is 0.716. The maximum Gasteiger partial charge on any atom is 0.160 e. The summed E-state index contributed by atoms with van der Waals surface area (Å²) in [7, 11) is 0. The lowest BCUT2D eigenvalue weighted by molar-refractivity contribution is 0.667. The second-order valence-electron chi connectivity index (χ2n) is 12.9. The lowest BCUT2D eigenvalue weighted by Crippen LogP contribution is -2.06. The highest BCUT2D eigenvalue weighted by atomic mass is 15.0. The molecule has 0 aliphatic heterocycles. The van der Waals surface area contributed by atoms with Crippen LogP contribution in [0.1, 0.15) is 24.1 Å². The van der Waals surface area contributed by atoms with Crippen molar-refractivity contribution in [3.8, 4) is 61.8 Å². The molecule has 1 aliphatic carbocycles. The van der Waals surface area contributed by atoms with Crippen molar-refractivity contribution in [2.45, 2.75) is 25.7 Å². The average Bonchev–Trinajstić information content (AvgIpc) is 3.53. The standard InChI is InChI=1S/C46H35N3/c1-3-11-32(12-4-1)34-19-23-36(24-20-34)42-31-43(48-46(47-42)38-25-21-35(22-26-38)33-13-5-2-6-14-33)37-27-29-39(30-28-37)49-44-17-9-7-15-40(44)41-16-8-10-18-45(41)49/h1-7,9,11-15,17,19-31H,8,10,16,18H2. The Morgan fingerprint density at radius 3 is 1.49 bits per heavy atom. The van der Waals surface area contributed by atoms with E-state index in [2.05, 4.69) is 162 Å². The van der Waals surface area contributed by atoms with E-state index in [4.69, 9.17) is 9.97 Å². The van der Waals surface area contributed by atoms with E-state index in [0.717, 1.165) is 40.9 Å². The Balaban J connectivity index is 1.12. The number of hydrogen-bond acceptors (Lipinski definition) is 2. The molecular formula is C46H35N3. The molecular weight excluding hydrogens is 595 g/mol. The number of para-hydroxylation sites is 1. The monoisotopic (exact) mass is 629 g/mol. The van der Waals surface area contributed by atoms with Gasteiger partial charge in [-0.05, 0) is 77.8 Å². The van der Waals surface area contributed by atoms with Gasteiger partial charge in [0, 0.05) is 33.5 Å². The quantitative estimate of drug-likeness (QED) is 0.183. The van der Waals surface area contributed by atoms with Crippen LogP contribution in [-0.2, 0) is 12.8 Å². The van der Waals surface area contributed by atoms with Crippen LogP contribution in [0.3, 0.4) is 0 Å². The van der Waals surface area contributed by atoms with Crippen molar-refractivity contribution in [1.29, 1.82) is 0 Å². The number of benzene rings is 6. The first-order chi connectivity index (χ1) is 24.3. The van der Waals surface area contributed by atoms with Crippen molar-refractivity contribution in [1.82, 2.24) is 14.5 Å². The number of rotatable bonds is 6. The molecule has 2 heterocycles. The first kappa shape index (κ1) is 29.1. The van der Waals surface area contributed by atoms with Crippen LogP contribution in [-0.4, -0.2) is 14.5 Å². The van der Waals surface area contributed by atoms with E-state index in [1.54, 1.807) is 0 Å². The molecule has 0 fully saturated rings. The van der Waals surface area contributed by atoms with Crippen molar-refractivity contribution >= 4 is 10.9 Å². The van der Waals surface area contributed by atoms with Gasteiger partial charge in [-0.2, -0.15) is 0 Å². The SMILES string of the molecule is c1ccc(-c2ccc(-c3cc(-c4ccc(-n5c6c(c7ccccc75)CCCC6)cc4)nc(-c4ccc(-c5ccccc5)cc4)n3)cc2)cc1. The van der Waals surface area contributed by atoms with Crippen LogP contribution in [0.5, 0.6) is 0 Å². The maximum absolute atomic E-state index is 5.16. The van der Waals surface area contributed by atoms with Gasteiger partial charge in [-0.15, -0.1) is 0 Å². The van der Waals surface area contributed by atoms with Gasteiger partial charge in [-0.1, -0.05) is 140 Å². The summed E-state index contributed by atoms with van der Waals surface area (Å²) in [5.74, 6) is 0.716. The summed E-state index contributed by atoms with van der Waals surface area (Å²) >= 11 is 0. The van der Waals surface area contributed by atoms with E-state index in [0.29, 0.717) is 5.82 Å². The van der Waals surface area contributed by atoms with Crippen molar-refractivity contribution in [2.24, 2.45) is 0 Å². The van der Waals surface area contributed by atoms with E-state index in [1.807, 2.05) is 6.07 Å². The van der Waals surface area contributed by atoms with E-state index < -0.39 is 0 Å². The molecule has 0 saturated carbocycles. The van der Waals surface area contributed by atoms with Crippen LogP contribution < -0.4 is 0 Å². The molecule has 6 aromatic carbocycles. The summed E-state index contributed by atoms with van der Waals surface area (Å²) in [5.41, 5.74) is 15.2. The highest BCUT2D eigenvalue weighted by Gasteiger charge is 2.21. The van der Waals surface area contributed by atoms with Gasteiger partial charge in [0.05, 0.1) is 16.9 Å². The van der Waals surface area contributed by atoms with Gasteiger partial charge in [0.15, 0.2) is 5.82 Å². The van der Waals surface area contributed by atoms with Crippen molar-refractivity contribution < 1.29 is 0 Å². The van der Waals surface area contributed by atoms with E-state index in [9.17, 15) is 0 Å². The van der Waals surface area contributed by atoms with Crippen LogP contribution in [0.4, 0.5) is 0 Å². The van der Waals surface area contributed by atoms with Gasteiger partial charge in [0.1, 0.15) is 0 Å². The molecule has 0 amide bonds. The van der Waals surface area contributed by atoms with Gasteiger partial charge in [0.2, 0.25) is 0 Å². The molecule has 0 radical (unpaired) electrons. The number of nitrogens with zero attached hydrogens (tertiary/aromatic N) is 3. The third-order valence-corrected chi connectivity index (χ3v) is 9.86. The third kappa shape index (κ3) is 5.54. The number of fused-ring (bicyclic) bond motifs is 3. The van der Waals surface area contributed by atoms with Crippen LogP contribution >= 0.6 is 0 Å². The average molecular weight is 630 g/mol. The maximum atomic E-state index is 5.16. The normalized spacial score (nSPS) is 12.6. The van der Waals surface area contributed by atoms with Crippen LogP contribution in [0.25, 0.3) is 72.7 Å². The topological polar surface area (TPSA) is 30.7 Å². The molecule has 0 atom stereocenters. The van der Waals surface area contributed by atoms with E-state index in [1.165, 1.54) is 62.9 Å². The summed E-state index contributed by atoms with van der Waals surface area (Å²) in [5, 5.41) is 1.39. The van der Waals surface area contributed by atoms with Gasteiger partial charge in [-0.25, -0.2) is 9.97 Å². The van der Waals surface area contributed by atoms with Crippen LogP contribution in [0.2, 0.25) is 0 Å². The Hall–Kier alpha value is -6.06. The summed E-state index contributed by atoms with van der Waals surface area (Å²) in [6.07, 6.45) is 4.79. The zero-order valence-electron chi connectivity index (χ0n) is 27.3. The predicted molar refractivity (Wildman–Crippen MR) is 203 cm³/mol. The first-order valence-electron chi connectivity index (χ1n) is 17.2. The summed E-state index contributed by atoms with van der Waals surface area (Å²) in [6.45, 7) is 0. The van der Waals surface area contributed by atoms with Gasteiger partial charge >= 0.3 is 0 Å². The Bertz CT molecular complexity index is 2290. The van der Waals surface area contributed by atoms with Crippen molar-refractivity contribution in [3.05, 3.63) is 175 Å². The third-order valence-electron chi connectivity index (χ3n) is 9.86. The summed E-state index contributed by atoms with van der Waals surface area (Å²) in [6, 6.07) is 58.2. The van der Waals surface area contributed by atoms with Gasteiger partial charge in [-0.3, -0.25) is 0 Å². The highest BCUT2D eigenvalue weighted by Crippen LogP contribution is 2.36. The van der Waals surface area contributed by atoms with E-state index >= 15 is 0 Å². The number of hydrogen-bond donors (Lipinski definition) is 0. The number of aryl methyl sites for hydroxylation is 1. The highest BCUT2D eigenvalue weighted by molar-refractivity contribution is 5.88. The van der Waals surface area contributed by atoms with Crippen LogP contribution in [0.15, 0.2) is 164 Å². The van der Waals surface area contributed by atoms with E-state index in [-0.39, 0.29) is 0 Å². The molecule has 1 aliphatic rings. The lowest BCUT2D eigenvalue weighted by Gasteiger charge is -2.16. The molecule has 2 aromatic heterocycles. The Kier molecular flexibility index (Phi) is 7.44. The molecule has 9 rings (SSSR count). The molecule has 0 bridgehead atoms. The fourth-order valence-electron chi connectivity index (χ4n) is 7.35. The lowest BCUT2D eigenvalue weighted by atomic mass is 9.95. The Morgan fingerprint density at radius 1 is 0.408 bits per heavy atom. The zero-order valence-corrected chi connectivity index (χ0v) is 27.3. The predicted octanol–water partition coefficient (Wildman–Crippen LogP) is 11.6. The van der Waals surface area contributed by atoms with Crippen molar-refractivity contribution in [2.75, 3.05) is 0 Å². The van der Waals surface area contributed by atoms with Gasteiger partial charge in [0.25, 0.3) is 0 Å². The van der Waals surface area contributed by atoms with Crippen molar-refractivity contribution in [3.63, 3.8) is 0 Å². The van der Waals surface area contributed by atoms with Gasteiger partial charge < -0.3 is 4.57 Å². The zero-order chi connectivity index (χ0) is 32.6. The van der Waals surface area contributed by atoms with Crippen LogP contribution in [0, 0.1) is 0 Å². The second-order valence-corrected chi connectivity index (χ2v) is 12.9. The molecule has 0 unspecified atom stereocenters. The molecule has 0 N–H and O–H groups in total. The smallest absolute Gasteiger partial charge is 0.160 e. The second kappa shape index (κ2) is 12.5.